The first-order valence-corrected chi connectivity index (χ1v) is 12.3. The van der Waals surface area contributed by atoms with Crippen LogP contribution in [0.4, 0.5) is 0 Å². The number of nitrogens with one attached hydrogen (secondary N) is 1. The first-order valence-electron chi connectivity index (χ1n) is 12.3. The van der Waals surface area contributed by atoms with E-state index in [9.17, 15) is 9.59 Å². The highest BCUT2D eigenvalue weighted by Gasteiger charge is 2.51. The van der Waals surface area contributed by atoms with Crippen molar-refractivity contribution in [1.82, 2.24) is 10.2 Å². The van der Waals surface area contributed by atoms with Crippen molar-refractivity contribution in [2.24, 2.45) is 23.2 Å². The number of methoxy groups -OCH3 is 2. The standard InChI is InChI=1S/C26H36N2O4/c1-31-20-5-6-21(23(11-20)32-2)22-4-3-7-28(22)25(30)16-27-24(29)15-26-12-17-8-18(13-26)10-19(9-17)14-26/h5-6,11,17-19,22H,3-4,7-10,12-16H2,1-2H3,(H,27,29). The number of carbonyl (C=O) groups is 2. The van der Waals surface area contributed by atoms with E-state index >= 15 is 0 Å². The van der Waals surface area contributed by atoms with Crippen molar-refractivity contribution < 1.29 is 19.1 Å². The van der Waals surface area contributed by atoms with Gasteiger partial charge in [-0.25, -0.2) is 0 Å². The molecule has 0 radical (unpaired) electrons. The fraction of sp³-hybridized carbons (Fsp3) is 0.692. The van der Waals surface area contributed by atoms with Crippen molar-refractivity contribution in [2.75, 3.05) is 27.3 Å². The molecule has 1 unspecified atom stereocenters. The molecule has 32 heavy (non-hydrogen) atoms. The van der Waals surface area contributed by atoms with Crippen LogP contribution in [-0.4, -0.2) is 44.0 Å². The molecule has 1 aliphatic heterocycles. The summed E-state index contributed by atoms with van der Waals surface area (Å²) in [4.78, 5) is 27.8. The van der Waals surface area contributed by atoms with Gasteiger partial charge in [0.05, 0.1) is 26.8 Å². The third-order valence-electron chi connectivity index (χ3n) is 8.51. The van der Waals surface area contributed by atoms with Crippen LogP contribution in [0.3, 0.4) is 0 Å². The molecular formula is C26H36N2O4. The van der Waals surface area contributed by atoms with Gasteiger partial charge in [-0.1, -0.05) is 0 Å². The molecule has 6 rings (SSSR count). The molecule has 4 bridgehead atoms. The van der Waals surface area contributed by atoms with Crippen LogP contribution in [0.2, 0.25) is 0 Å². The van der Waals surface area contributed by atoms with Crippen molar-refractivity contribution in [1.29, 1.82) is 0 Å². The lowest BCUT2D eigenvalue weighted by molar-refractivity contribution is -0.136. The Morgan fingerprint density at radius 3 is 2.38 bits per heavy atom. The molecule has 4 aliphatic carbocycles. The van der Waals surface area contributed by atoms with Crippen molar-refractivity contribution in [3.63, 3.8) is 0 Å². The highest BCUT2D eigenvalue weighted by molar-refractivity contribution is 5.85. The van der Waals surface area contributed by atoms with E-state index in [1.165, 1.54) is 38.5 Å². The highest BCUT2D eigenvalue weighted by atomic mass is 16.5. The monoisotopic (exact) mass is 440 g/mol. The SMILES string of the molecule is COc1ccc(C2CCCN2C(=O)CNC(=O)CC23CC4CC(CC(C4)C2)C3)c(OC)c1. The number of amides is 2. The largest absolute Gasteiger partial charge is 0.497 e. The molecule has 174 valence electrons. The van der Waals surface area contributed by atoms with Gasteiger partial charge < -0.3 is 19.7 Å². The second kappa shape index (κ2) is 8.60. The van der Waals surface area contributed by atoms with E-state index in [1.54, 1.807) is 14.2 Å². The predicted molar refractivity (Wildman–Crippen MR) is 121 cm³/mol. The number of ether oxygens (including phenoxy) is 2. The van der Waals surface area contributed by atoms with Gasteiger partial charge in [-0.05, 0) is 86.7 Å². The summed E-state index contributed by atoms with van der Waals surface area (Å²) in [7, 11) is 3.27. The lowest BCUT2D eigenvalue weighted by atomic mass is 9.49. The van der Waals surface area contributed by atoms with Crippen LogP contribution >= 0.6 is 0 Å². The average Bonchev–Trinajstić information content (AvgIpc) is 3.25. The summed E-state index contributed by atoms with van der Waals surface area (Å²) < 4.78 is 10.9. The van der Waals surface area contributed by atoms with E-state index in [1.807, 2.05) is 23.1 Å². The van der Waals surface area contributed by atoms with Gasteiger partial charge in [0, 0.05) is 24.6 Å². The number of nitrogens with zero attached hydrogens (tertiary/aromatic N) is 1. The fourth-order valence-corrected chi connectivity index (χ4v) is 7.67. The Kier molecular flexibility index (Phi) is 5.81. The lowest BCUT2D eigenvalue weighted by Gasteiger charge is -2.56. The van der Waals surface area contributed by atoms with Gasteiger partial charge in [0.25, 0.3) is 0 Å². The molecule has 1 atom stereocenters. The molecule has 5 aliphatic rings. The second-order valence-electron chi connectivity index (χ2n) is 10.7. The summed E-state index contributed by atoms with van der Waals surface area (Å²) in [6.45, 7) is 0.795. The molecule has 6 heteroatoms. The molecule has 0 aromatic heterocycles. The maximum atomic E-state index is 13.1. The smallest absolute Gasteiger partial charge is 0.242 e. The third-order valence-corrected chi connectivity index (χ3v) is 8.51. The Balaban J connectivity index is 1.19. The van der Waals surface area contributed by atoms with Gasteiger partial charge in [0.15, 0.2) is 0 Å². The molecule has 0 spiro atoms. The van der Waals surface area contributed by atoms with Crippen LogP contribution in [0.15, 0.2) is 18.2 Å². The summed E-state index contributed by atoms with van der Waals surface area (Å²) in [5.41, 5.74) is 1.20. The molecule has 1 saturated heterocycles. The number of hydrogen-bond donors (Lipinski definition) is 1. The maximum absolute atomic E-state index is 13.1. The first-order chi connectivity index (χ1) is 15.5. The molecular weight excluding hydrogens is 404 g/mol. The van der Waals surface area contributed by atoms with E-state index in [0.29, 0.717) is 13.0 Å². The number of likely N-dealkylation sites (tertiary alicyclic amines) is 1. The normalized spacial score (nSPS) is 32.8. The minimum absolute atomic E-state index is 0.00997. The quantitative estimate of drug-likeness (QED) is 0.693. The first kappa shape index (κ1) is 21.6. The van der Waals surface area contributed by atoms with Gasteiger partial charge in [-0.3, -0.25) is 9.59 Å². The Morgan fingerprint density at radius 1 is 1.06 bits per heavy atom. The summed E-state index contributed by atoms with van der Waals surface area (Å²) >= 11 is 0. The van der Waals surface area contributed by atoms with E-state index in [-0.39, 0.29) is 29.8 Å². The summed E-state index contributed by atoms with van der Waals surface area (Å²) in [6, 6.07) is 5.73. The van der Waals surface area contributed by atoms with Crippen LogP contribution in [0, 0.1) is 23.2 Å². The molecule has 1 N–H and O–H groups in total. The molecule has 5 fully saturated rings. The Hall–Kier alpha value is -2.24. The number of carbonyl (C=O) groups excluding carboxylic acids is 2. The van der Waals surface area contributed by atoms with E-state index in [2.05, 4.69) is 5.32 Å². The number of hydrogen-bond acceptors (Lipinski definition) is 4. The number of rotatable bonds is 7. The second-order valence-corrected chi connectivity index (χ2v) is 10.7. The minimum Gasteiger partial charge on any atom is -0.497 e. The third kappa shape index (κ3) is 4.08. The van der Waals surface area contributed by atoms with Crippen molar-refractivity contribution in [3.05, 3.63) is 23.8 Å². The lowest BCUT2D eigenvalue weighted by Crippen LogP contribution is -2.48. The fourth-order valence-electron chi connectivity index (χ4n) is 7.67. The predicted octanol–water partition coefficient (Wildman–Crippen LogP) is 4.09. The minimum atomic E-state index is -0.0246. The maximum Gasteiger partial charge on any atom is 0.242 e. The van der Waals surface area contributed by atoms with E-state index < -0.39 is 0 Å². The van der Waals surface area contributed by atoms with Crippen molar-refractivity contribution >= 4 is 11.8 Å². The summed E-state index contributed by atoms with van der Waals surface area (Å²) in [6.07, 6.45) is 10.2. The highest BCUT2D eigenvalue weighted by Crippen LogP contribution is 2.61. The average molecular weight is 441 g/mol. The van der Waals surface area contributed by atoms with Gasteiger partial charge in [-0.2, -0.15) is 0 Å². The Labute approximate surface area is 191 Å². The van der Waals surface area contributed by atoms with Crippen LogP contribution in [-0.2, 0) is 9.59 Å². The molecule has 1 aromatic carbocycles. The van der Waals surface area contributed by atoms with Gasteiger partial charge >= 0.3 is 0 Å². The summed E-state index contributed by atoms with van der Waals surface area (Å²) in [5.74, 6) is 4.02. The summed E-state index contributed by atoms with van der Waals surface area (Å²) in [5, 5.41) is 2.97. The topological polar surface area (TPSA) is 67.9 Å². The van der Waals surface area contributed by atoms with Gasteiger partial charge in [0.2, 0.25) is 11.8 Å². The Morgan fingerprint density at radius 2 is 1.75 bits per heavy atom. The zero-order chi connectivity index (χ0) is 22.3. The zero-order valence-electron chi connectivity index (χ0n) is 19.4. The van der Waals surface area contributed by atoms with Gasteiger partial charge in [0.1, 0.15) is 11.5 Å². The van der Waals surface area contributed by atoms with Crippen LogP contribution in [0.25, 0.3) is 0 Å². The molecule has 4 saturated carbocycles. The van der Waals surface area contributed by atoms with Gasteiger partial charge in [-0.15, -0.1) is 0 Å². The van der Waals surface area contributed by atoms with Crippen LogP contribution in [0.5, 0.6) is 11.5 Å². The molecule has 6 nitrogen and oxygen atoms in total. The van der Waals surface area contributed by atoms with Crippen LogP contribution < -0.4 is 14.8 Å². The van der Waals surface area contributed by atoms with E-state index in [0.717, 1.165) is 47.7 Å². The van der Waals surface area contributed by atoms with Crippen molar-refractivity contribution in [2.45, 2.75) is 63.8 Å². The van der Waals surface area contributed by atoms with E-state index in [4.69, 9.17) is 9.47 Å². The molecule has 1 aromatic rings. The number of benzene rings is 1. The zero-order valence-corrected chi connectivity index (χ0v) is 19.4. The van der Waals surface area contributed by atoms with Crippen LogP contribution in [0.1, 0.15) is 69.4 Å². The Bertz CT molecular complexity index is 847. The molecule has 2 amide bonds. The molecule has 1 heterocycles. The van der Waals surface area contributed by atoms with Crippen molar-refractivity contribution in [3.8, 4) is 11.5 Å².